The lowest BCUT2D eigenvalue weighted by Gasteiger charge is -2.10. The maximum absolute atomic E-state index is 12.1. The van der Waals surface area contributed by atoms with E-state index in [1.807, 2.05) is 0 Å². The molecule has 0 atom stereocenters. The monoisotopic (exact) mass is 379 g/mol. The van der Waals surface area contributed by atoms with E-state index in [0.29, 0.717) is 5.69 Å². The summed E-state index contributed by atoms with van der Waals surface area (Å²) in [5, 5.41) is 10.9. The van der Waals surface area contributed by atoms with Gasteiger partial charge in [0, 0.05) is 6.07 Å². The number of anilines is 1. The molecule has 2 rings (SSSR count). The number of carbonyl (C=O) groups excluding carboxylic acids is 2. The van der Waals surface area contributed by atoms with Crippen LogP contribution in [0.15, 0.2) is 59.5 Å². The smallest absolute Gasteiger partial charge is 0.298 e. The molecule has 136 valence electrons. The van der Waals surface area contributed by atoms with Gasteiger partial charge in [-0.3, -0.25) is 36.0 Å². The molecule has 0 aliphatic heterocycles. The minimum Gasteiger partial charge on any atom is -0.298 e. The second kappa shape index (κ2) is 8.04. The van der Waals surface area contributed by atoms with Crippen molar-refractivity contribution >= 4 is 33.2 Å². The number of hydrogen-bond acceptors (Lipinski definition) is 7. The fourth-order valence-electron chi connectivity index (χ4n) is 1.77. The number of amides is 2. The molecule has 0 saturated heterocycles. The number of benzene rings is 2. The first-order valence-corrected chi connectivity index (χ1v) is 8.46. The van der Waals surface area contributed by atoms with Crippen molar-refractivity contribution in [3.63, 3.8) is 0 Å². The topological polar surface area (TPSA) is 160 Å². The first kappa shape index (κ1) is 18.8. The van der Waals surface area contributed by atoms with Gasteiger partial charge >= 0.3 is 11.8 Å². The van der Waals surface area contributed by atoms with Crippen LogP contribution in [0.25, 0.3) is 0 Å². The molecule has 0 radical (unpaired) electrons. The van der Waals surface area contributed by atoms with Gasteiger partial charge in [-0.1, -0.05) is 30.3 Å². The van der Waals surface area contributed by atoms with Crippen LogP contribution < -0.4 is 21.1 Å². The molecule has 0 spiro atoms. The molecule has 0 saturated carbocycles. The van der Waals surface area contributed by atoms with E-state index in [9.17, 15) is 28.1 Å². The van der Waals surface area contributed by atoms with Crippen molar-refractivity contribution in [2.45, 2.75) is 4.90 Å². The van der Waals surface area contributed by atoms with E-state index in [4.69, 9.17) is 0 Å². The van der Waals surface area contributed by atoms with Crippen molar-refractivity contribution < 1.29 is 22.9 Å². The summed E-state index contributed by atoms with van der Waals surface area (Å²) in [7, 11) is -4.46. The van der Waals surface area contributed by atoms with E-state index >= 15 is 0 Å². The van der Waals surface area contributed by atoms with Gasteiger partial charge in [-0.25, -0.2) is 8.42 Å². The van der Waals surface area contributed by atoms with Crippen molar-refractivity contribution in [1.29, 1.82) is 0 Å². The Kier molecular flexibility index (Phi) is 5.82. The second-order valence-corrected chi connectivity index (χ2v) is 6.38. The maximum Gasteiger partial charge on any atom is 0.329 e. The van der Waals surface area contributed by atoms with Gasteiger partial charge < -0.3 is 0 Å². The van der Waals surface area contributed by atoms with Gasteiger partial charge in [-0.2, -0.15) is 0 Å². The summed E-state index contributed by atoms with van der Waals surface area (Å²) in [6, 6.07) is 12.9. The lowest BCUT2D eigenvalue weighted by Crippen LogP contribution is -2.49. The third kappa shape index (κ3) is 4.75. The Balaban J connectivity index is 1.97. The number of carbonyl (C=O) groups is 2. The molecule has 0 aliphatic carbocycles. The predicted molar refractivity (Wildman–Crippen MR) is 89.8 cm³/mol. The minimum atomic E-state index is -4.46. The molecular weight excluding hydrogens is 366 g/mol. The maximum atomic E-state index is 12.1. The van der Waals surface area contributed by atoms with E-state index in [0.717, 1.165) is 12.1 Å². The second-order valence-electron chi connectivity index (χ2n) is 4.73. The Hall–Kier alpha value is -3.51. The highest BCUT2D eigenvalue weighted by atomic mass is 32.2. The summed E-state index contributed by atoms with van der Waals surface area (Å²) in [6.07, 6.45) is 0. The Labute approximate surface area is 147 Å². The average Bonchev–Trinajstić information content (AvgIpc) is 2.65. The van der Waals surface area contributed by atoms with Crippen LogP contribution in [0.5, 0.6) is 0 Å². The van der Waals surface area contributed by atoms with E-state index in [1.165, 1.54) is 12.1 Å². The normalized spacial score (nSPS) is 10.6. The van der Waals surface area contributed by atoms with Gasteiger partial charge in [0.15, 0.2) is 4.90 Å². The molecule has 0 heterocycles. The lowest BCUT2D eigenvalue weighted by molar-refractivity contribution is -0.387. The fourth-order valence-corrected chi connectivity index (χ4v) is 2.78. The SMILES string of the molecule is O=C(NNc1ccccc1)C(=O)NNS(=O)(=O)c1ccccc1[N+](=O)[O-]. The number of hydrogen-bond donors (Lipinski definition) is 4. The van der Waals surface area contributed by atoms with E-state index in [2.05, 4.69) is 10.9 Å². The summed E-state index contributed by atoms with van der Waals surface area (Å²) in [5.74, 6) is -2.50. The number of sulfonamides is 1. The van der Waals surface area contributed by atoms with Gasteiger partial charge in [0.05, 0.1) is 10.6 Å². The van der Waals surface area contributed by atoms with Crippen molar-refractivity contribution in [1.82, 2.24) is 15.7 Å². The Morgan fingerprint density at radius 2 is 1.46 bits per heavy atom. The highest BCUT2D eigenvalue weighted by Gasteiger charge is 2.26. The van der Waals surface area contributed by atoms with Gasteiger partial charge in [0.2, 0.25) is 0 Å². The van der Waals surface area contributed by atoms with Gasteiger partial charge in [-0.15, -0.1) is 4.83 Å². The molecule has 0 aliphatic rings. The number of nitro groups is 1. The molecule has 0 aromatic heterocycles. The summed E-state index contributed by atoms with van der Waals surface area (Å²) < 4.78 is 24.2. The number of nitrogens with zero attached hydrogens (tertiary/aromatic N) is 1. The molecule has 26 heavy (non-hydrogen) atoms. The van der Waals surface area contributed by atoms with Crippen LogP contribution in [0.3, 0.4) is 0 Å². The highest BCUT2D eigenvalue weighted by molar-refractivity contribution is 7.89. The van der Waals surface area contributed by atoms with Crippen LogP contribution in [0, 0.1) is 10.1 Å². The summed E-state index contributed by atoms with van der Waals surface area (Å²) in [6.45, 7) is 0. The zero-order valence-corrected chi connectivity index (χ0v) is 13.8. The number of para-hydroxylation sites is 2. The molecule has 0 fully saturated rings. The molecule has 2 aromatic rings. The molecule has 11 nitrogen and oxygen atoms in total. The number of hydrazine groups is 2. The average molecular weight is 379 g/mol. The first-order valence-electron chi connectivity index (χ1n) is 6.98. The van der Waals surface area contributed by atoms with Gasteiger partial charge in [0.25, 0.3) is 15.7 Å². The summed E-state index contributed by atoms with van der Waals surface area (Å²) in [4.78, 5) is 34.2. The molecule has 2 amide bonds. The quantitative estimate of drug-likeness (QED) is 0.313. The summed E-state index contributed by atoms with van der Waals surface area (Å²) >= 11 is 0. The van der Waals surface area contributed by atoms with Crippen molar-refractivity contribution in [2.75, 3.05) is 5.43 Å². The third-order valence-electron chi connectivity index (χ3n) is 2.95. The predicted octanol–water partition coefficient (Wildman–Crippen LogP) is 0.0476. The summed E-state index contributed by atoms with van der Waals surface area (Å²) in [5.41, 5.74) is 6.00. The van der Waals surface area contributed by atoms with E-state index in [1.54, 1.807) is 40.6 Å². The van der Waals surface area contributed by atoms with Crippen LogP contribution in [-0.2, 0) is 19.6 Å². The molecular formula is C14H13N5O6S. The van der Waals surface area contributed by atoms with Crippen LogP contribution in [0.1, 0.15) is 0 Å². The van der Waals surface area contributed by atoms with E-state index in [-0.39, 0.29) is 0 Å². The van der Waals surface area contributed by atoms with Crippen molar-refractivity contribution in [2.24, 2.45) is 0 Å². The zero-order valence-electron chi connectivity index (χ0n) is 13.0. The van der Waals surface area contributed by atoms with Gasteiger partial charge in [0.1, 0.15) is 0 Å². The van der Waals surface area contributed by atoms with E-state index < -0.39 is 37.3 Å². The highest BCUT2D eigenvalue weighted by Crippen LogP contribution is 2.22. The first-order chi connectivity index (χ1) is 12.3. The molecule has 4 N–H and O–H groups in total. The molecule has 2 aromatic carbocycles. The molecule has 0 bridgehead atoms. The zero-order chi connectivity index (χ0) is 19.2. The number of nitro benzene ring substituents is 1. The fraction of sp³-hybridized carbons (Fsp3) is 0. The van der Waals surface area contributed by atoms with Gasteiger partial charge in [-0.05, 0) is 18.2 Å². The van der Waals surface area contributed by atoms with Crippen LogP contribution in [0.4, 0.5) is 11.4 Å². The van der Waals surface area contributed by atoms with Crippen molar-refractivity contribution in [3.05, 3.63) is 64.7 Å². The van der Waals surface area contributed by atoms with Crippen LogP contribution in [-0.4, -0.2) is 25.2 Å². The Morgan fingerprint density at radius 3 is 2.12 bits per heavy atom. The molecule has 0 unspecified atom stereocenters. The largest absolute Gasteiger partial charge is 0.329 e. The third-order valence-corrected chi connectivity index (χ3v) is 4.25. The number of rotatable bonds is 6. The number of nitrogens with one attached hydrogen (secondary N) is 4. The standard InChI is InChI=1S/C14H13N5O6S/c20-13(16-15-10-6-2-1-3-7-10)14(21)17-18-26(24,25)12-9-5-4-8-11(12)19(22)23/h1-9,15,18H,(H,16,20)(H,17,21). The minimum absolute atomic E-state index is 0.495. The van der Waals surface area contributed by atoms with Crippen molar-refractivity contribution in [3.8, 4) is 0 Å². The van der Waals surface area contributed by atoms with Crippen LogP contribution in [0.2, 0.25) is 0 Å². The van der Waals surface area contributed by atoms with Crippen LogP contribution >= 0.6 is 0 Å². The molecule has 12 heteroatoms. The Bertz CT molecular complexity index is 932. The lowest BCUT2D eigenvalue weighted by atomic mass is 10.3. The Morgan fingerprint density at radius 1 is 0.885 bits per heavy atom.